The van der Waals surface area contributed by atoms with Crippen molar-refractivity contribution in [2.24, 2.45) is 0 Å². The number of carboxylic acid groups (broad SMARTS) is 1. The lowest BCUT2D eigenvalue weighted by Gasteiger charge is -2.23. The van der Waals surface area contributed by atoms with Crippen molar-refractivity contribution in [3.8, 4) is 11.1 Å². The van der Waals surface area contributed by atoms with Crippen LogP contribution < -0.4 is 0 Å². The number of amides is 1. The van der Waals surface area contributed by atoms with Gasteiger partial charge in [0, 0.05) is 13.1 Å². The third-order valence-corrected chi connectivity index (χ3v) is 5.23. The van der Waals surface area contributed by atoms with Gasteiger partial charge in [0.05, 0.1) is 12.0 Å². The second-order valence-electron chi connectivity index (χ2n) is 7.69. The molecule has 1 N–H and O–H groups in total. The number of hydrogen-bond acceptors (Lipinski definition) is 3. The summed E-state index contributed by atoms with van der Waals surface area (Å²) in [5.41, 5.74) is 1.81. The second kappa shape index (κ2) is 10.9. The van der Waals surface area contributed by atoms with Gasteiger partial charge in [0.1, 0.15) is 6.61 Å². The summed E-state index contributed by atoms with van der Waals surface area (Å²) in [6.45, 7) is 1.88. The van der Waals surface area contributed by atoms with E-state index in [0.717, 1.165) is 17.7 Å². The molecule has 0 aliphatic rings. The van der Waals surface area contributed by atoms with E-state index in [1.807, 2.05) is 18.2 Å². The fourth-order valence-electron chi connectivity index (χ4n) is 3.53. The highest BCUT2D eigenvalue weighted by Crippen LogP contribution is 2.34. The normalized spacial score (nSPS) is 11.2. The van der Waals surface area contributed by atoms with Gasteiger partial charge >= 0.3 is 18.2 Å². The Balaban J connectivity index is 1.91. The molecule has 0 heterocycles. The number of carboxylic acids is 1. The van der Waals surface area contributed by atoms with Crippen molar-refractivity contribution in [3.63, 3.8) is 0 Å². The van der Waals surface area contributed by atoms with Gasteiger partial charge in [0.25, 0.3) is 0 Å². The third kappa shape index (κ3) is 6.60. The Hall–Kier alpha value is -3.81. The molecule has 0 saturated heterocycles. The van der Waals surface area contributed by atoms with Crippen LogP contribution in [-0.4, -0.2) is 28.6 Å². The Labute approximate surface area is 195 Å². The maximum atomic E-state index is 13.4. The van der Waals surface area contributed by atoms with Crippen LogP contribution in [0.4, 0.5) is 18.0 Å². The number of alkyl halides is 3. The molecule has 0 saturated carbocycles. The van der Waals surface area contributed by atoms with E-state index in [9.17, 15) is 22.8 Å². The Bertz CT molecular complexity index is 1150. The molecule has 0 bridgehead atoms. The van der Waals surface area contributed by atoms with Gasteiger partial charge in [-0.1, -0.05) is 60.7 Å². The summed E-state index contributed by atoms with van der Waals surface area (Å²) in [4.78, 5) is 25.1. The number of benzene rings is 3. The largest absolute Gasteiger partial charge is 0.481 e. The highest BCUT2D eigenvalue weighted by Gasteiger charge is 2.31. The van der Waals surface area contributed by atoms with Gasteiger partial charge in [-0.3, -0.25) is 4.79 Å². The summed E-state index contributed by atoms with van der Waals surface area (Å²) in [5, 5.41) is 9.07. The van der Waals surface area contributed by atoms with E-state index >= 15 is 0 Å². The minimum Gasteiger partial charge on any atom is -0.481 e. The summed E-state index contributed by atoms with van der Waals surface area (Å²) in [6, 6.07) is 19.0. The van der Waals surface area contributed by atoms with Crippen LogP contribution in [0, 0.1) is 0 Å². The fraction of sp³-hybridized carbons (Fsp3) is 0.231. The molecule has 0 radical (unpaired) electrons. The van der Waals surface area contributed by atoms with Crippen LogP contribution in [0.2, 0.25) is 0 Å². The predicted molar refractivity (Wildman–Crippen MR) is 121 cm³/mol. The van der Waals surface area contributed by atoms with Gasteiger partial charge in [-0.25, -0.2) is 4.79 Å². The standard InChI is InChI=1S/C26H24F3NO4/c1-2-30(25(33)34-17-18-7-4-3-5-8-18)16-21-15-22(26(27,28)29)11-12-23(21)20-10-6-9-19(13-20)14-24(31)32/h3-13,15H,2,14,16-17H2,1H3,(H,31,32). The van der Waals surface area contributed by atoms with Crippen LogP contribution in [0.1, 0.15) is 29.2 Å². The molecule has 0 unspecified atom stereocenters. The summed E-state index contributed by atoms with van der Waals surface area (Å²) in [6.07, 6.45) is -5.41. The van der Waals surface area contributed by atoms with Crippen LogP contribution in [0.25, 0.3) is 11.1 Å². The van der Waals surface area contributed by atoms with Gasteiger partial charge < -0.3 is 14.7 Å². The van der Waals surface area contributed by atoms with E-state index in [4.69, 9.17) is 9.84 Å². The number of carbonyl (C=O) groups excluding carboxylic acids is 1. The average molecular weight is 471 g/mol. The molecule has 3 rings (SSSR count). The zero-order valence-electron chi connectivity index (χ0n) is 18.5. The number of ether oxygens (including phenoxy) is 1. The van der Waals surface area contributed by atoms with Crippen LogP contribution in [0.3, 0.4) is 0 Å². The van der Waals surface area contributed by atoms with Crippen LogP contribution >= 0.6 is 0 Å². The lowest BCUT2D eigenvalue weighted by Crippen LogP contribution is -2.31. The first-order valence-electron chi connectivity index (χ1n) is 10.6. The van der Waals surface area contributed by atoms with E-state index in [-0.39, 0.29) is 31.7 Å². The Morgan fingerprint density at radius 2 is 1.65 bits per heavy atom. The fourth-order valence-corrected chi connectivity index (χ4v) is 3.53. The Morgan fingerprint density at radius 3 is 2.29 bits per heavy atom. The molecule has 0 aliphatic heterocycles. The minimum absolute atomic E-state index is 0.0445. The van der Waals surface area contributed by atoms with Gasteiger partial charge in [-0.15, -0.1) is 0 Å². The monoisotopic (exact) mass is 471 g/mol. The molecule has 0 spiro atoms. The molecule has 0 aromatic heterocycles. The van der Waals surface area contributed by atoms with Gasteiger partial charge in [0.2, 0.25) is 0 Å². The number of aliphatic carboxylic acids is 1. The maximum Gasteiger partial charge on any atom is 0.416 e. The van der Waals surface area contributed by atoms with E-state index in [2.05, 4.69) is 0 Å². The summed E-state index contributed by atoms with van der Waals surface area (Å²) < 4.78 is 45.6. The van der Waals surface area contributed by atoms with Crippen molar-refractivity contribution in [1.82, 2.24) is 4.90 Å². The zero-order chi connectivity index (χ0) is 24.7. The highest BCUT2D eigenvalue weighted by atomic mass is 19.4. The average Bonchev–Trinajstić information content (AvgIpc) is 2.80. The quantitative estimate of drug-likeness (QED) is 0.427. The first kappa shape index (κ1) is 24.8. The Morgan fingerprint density at radius 1 is 0.941 bits per heavy atom. The van der Waals surface area contributed by atoms with Gasteiger partial charge in [0.15, 0.2) is 0 Å². The second-order valence-corrected chi connectivity index (χ2v) is 7.69. The molecule has 0 aliphatic carbocycles. The lowest BCUT2D eigenvalue weighted by atomic mass is 9.95. The Kier molecular flexibility index (Phi) is 7.94. The van der Waals surface area contributed by atoms with Crippen LogP contribution in [-0.2, 0) is 35.3 Å². The lowest BCUT2D eigenvalue weighted by molar-refractivity contribution is -0.138. The van der Waals surface area contributed by atoms with Gasteiger partial charge in [-0.05, 0) is 46.9 Å². The molecular formula is C26H24F3NO4. The SMILES string of the molecule is CCN(Cc1cc(C(F)(F)F)ccc1-c1cccc(CC(=O)O)c1)C(=O)OCc1ccccc1. The van der Waals surface area contributed by atoms with Crippen LogP contribution in [0.5, 0.6) is 0 Å². The van der Waals surface area contributed by atoms with Crippen molar-refractivity contribution < 1.29 is 32.6 Å². The topological polar surface area (TPSA) is 66.8 Å². The number of hydrogen-bond donors (Lipinski definition) is 1. The number of nitrogens with zero attached hydrogens (tertiary/aromatic N) is 1. The molecule has 0 atom stereocenters. The summed E-state index contributed by atoms with van der Waals surface area (Å²) in [7, 11) is 0. The van der Waals surface area contributed by atoms with E-state index in [0.29, 0.717) is 16.7 Å². The number of halogens is 3. The maximum absolute atomic E-state index is 13.4. The highest BCUT2D eigenvalue weighted by molar-refractivity contribution is 5.74. The smallest absolute Gasteiger partial charge is 0.416 e. The van der Waals surface area contributed by atoms with Crippen molar-refractivity contribution in [2.75, 3.05) is 6.54 Å². The molecule has 0 fully saturated rings. The zero-order valence-corrected chi connectivity index (χ0v) is 18.5. The first-order valence-corrected chi connectivity index (χ1v) is 10.6. The molecule has 8 heteroatoms. The minimum atomic E-state index is -4.55. The number of rotatable bonds is 8. The molecule has 178 valence electrons. The molecule has 1 amide bonds. The van der Waals surface area contributed by atoms with E-state index < -0.39 is 23.8 Å². The predicted octanol–water partition coefficient (Wildman–Crippen LogP) is 6.16. The third-order valence-electron chi connectivity index (χ3n) is 5.23. The molecular weight excluding hydrogens is 447 g/mol. The summed E-state index contributed by atoms with van der Waals surface area (Å²) >= 11 is 0. The van der Waals surface area contributed by atoms with Crippen molar-refractivity contribution in [1.29, 1.82) is 0 Å². The molecule has 5 nitrogen and oxygen atoms in total. The summed E-state index contributed by atoms with van der Waals surface area (Å²) in [5.74, 6) is -1.01. The van der Waals surface area contributed by atoms with Crippen molar-refractivity contribution in [3.05, 3.63) is 95.1 Å². The van der Waals surface area contributed by atoms with Crippen molar-refractivity contribution >= 4 is 12.1 Å². The van der Waals surface area contributed by atoms with Gasteiger partial charge in [-0.2, -0.15) is 13.2 Å². The van der Waals surface area contributed by atoms with E-state index in [1.54, 1.807) is 43.3 Å². The molecule has 34 heavy (non-hydrogen) atoms. The molecule has 3 aromatic rings. The van der Waals surface area contributed by atoms with Crippen LogP contribution in [0.15, 0.2) is 72.8 Å². The van der Waals surface area contributed by atoms with Crippen molar-refractivity contribution in [2.45, 2.75) is 32.7 Å². The first-order chi connectivity index (χ1) is 16.2. The number of carbonyl (C=O) groups is 2. The molecule has 3 aromatic carbocycles. The van der Waals surface area contributed by atoms with E-state index in [1.165, 1.54) is 11.0 Å².